The zero-order chi connectivity index (χ0) is 24.3. The number of nitrogens with one attached hydrogen (secondary N) is 1. The van der Waals surface area contributed by atoms with Crippen molar-refractivity contribution in [3.8, 4) is 0 Å². The van der Waals surface area contributed by atoms with Crippen LogP contribution in [-0.4, -0.2) is 38.6 Å². The van der Waals surface area contributed by atoms with E-state index >= 15 is 0 Å². The molecule has 34 heavy (non-hydrogen) atoms. The van der Waals surface area contributed by atoms with Gasteiger partial charge >= 0.3 is 5.69 Å². The SMILES string of the molecule is CCCCCc1cc2c(cc1CCCCC)[C@@]1(OC2)[C@@H](CO)O[C@@H](n2ccc(=O)[nH]c2=O)[C@@H]1O. The summed E-state index contributed by atoms with van der Waals surface area (Å²) in [5, 5.41) is 21.7. The molecule has 2 aliphatic rings. The van der Waals surface area contributed by atoms with Gasteiger partial charge in [-0.15, -0.1) is 0 Å². The number of fused-ring (bicyclic) bond motifs is 2. The molecule has 2 aliphatic heterocycles. The zero-order valence-electron chi connectivity index (χ0n) is 20.1. The standard InChI is InChI=1S/C26H36N2O6/c1-3-5-7-9-17-13-19-16-33-26(20(19)14-18(17)10-8-6-4-2)21(15-29)34-24(23(26)31)28-12-11-22(30)27-25(28)32/h11-14,21,23-24,29,31H,3-10,15-16H2,1-2H3,(H,27,30,32)/t21-,23+,24-,26-/m1/s1. The van der Waals surface area contributed by atoms with Crippen LogP contribution in [0.2, 0.25) is 0 Å². The van der Waals surface area contributed by atoms with E-state index in [0.717, 1.165) is 60.6 Å². The maximum Gasteiger partial charge on any atom is 0.330 e. The number of aromatic nitrogens is 2. The second-order valence-corrected chi connectivity index (χ2v) is 9.43. The Morgan fingerprint density at radius 2 is 1.76 bits per heavy atom. The normalized spacial score (nSPS) is 25.8. The van der Waals surface area contributed by atoms with Crippen molar-refractivity contribution in [2.24, 2.45) is 0 Å². The van der Waals surface area contributed by atoms with Gasteiger partial charge < -0.3 is 19.7 Å². The van der Waals surface area contributed by atoms with Gasteiger partial charge in [0.1, 0.15) is 12.2 Å². The lowest BCUT2D eigenvalue weighted by Crippen LogP contribution is -2.47. The van der Waals surface area contributed by atoms with E-state index in [2.05, 4.69) is 31.0 Å². The Kier molecular flexibility index (Phi) is 7.72. The molecule has 8 heteroatoms. The Hall–Kier alpha value is -2.26. The molecule has 0 bridgehead atoms. The fourth-order valence-electron chi connectivity index (χ4n) is 5.38. The molecule has 0 unspecified atom stereocenters. The Morgan fingerprint density at radius 3 is 2.38 bits per heavy atom. The fourth-order valence-corrected chi connectivity index (χ4v) is 5.38. The summed E-state index contributed by atoms with van der Waals surface area (Å²) in [6.45, 7) is 4.30. The average molecular weight is 473 g/mol. The van der Waals surface area contributed by atoms with E-state index in [-0.39, 0.29) is 6.61 Å². The molecule has 4 atom stereocenters. The van der Waals surface area contributed by atoms with Crippen molar-refractivity contribution in [3.05, 3.63) is 67.5 Å². The van der Waals surface area contributed by atoms with Crippen molar-refractivity contribution in [2.45, 2.75) is 95.9 Å². The summed E-state index contributed by atoms with van der Waals surface area (Å²) in [4.78, 5) is 26.1. The first-order chi connectivity index (χ1) is 16.5. The second kappa shape index (κ2) is 10.6. The smallest absolute Gasteiger partial charge is 0.330 e. The third-order valence-electron chi connectivity index (χ3n) is 7.19. The number of benzene rings is 1. The number of aliphatic hydroxyl groups excluding tert-OH is 2. The first kappa shape index (κ1) is 24.9. The Bertz CT molecular complexity index is 1110. The lowest BCUT2D eigenvalue weighted by Gasteiger charge is -2.32. The molecule has 1 saturated heterocycles. The Labute approximate surface area is 199 Å². The van der Waals surface area contributed by atoms with Crippen molar-refractivity contribution in [1.29, 1.82) is 0 Å². The molecule has 186 valence electrons. The van der Waals surface area contributed by atoms with Gasteiger partial charge in [0.15, 0.2) is 11.8 Å². The number of aliphatic hydroxyl groups is 2. The number of unbranched alkanes of at least 4 members (excludes halogenated alkanes) is 4. The monoisotopic (exact) mass is 472 g/mol. The molecule has 8 nitrogen and oxygen atoms in total. The van der Waals surface area contributed by atoms with Gasteiger partial charge in [0, 0.05) is 12.3 Å². The van der Waals surface area contributed by atoms with Crippen LogP contribution in [-0.2, 0) is 34.5 Å². The maximum absolute atomic E-state index is 12.4. The van der Waals surface area contributed by atoms with Crippen LogP contribution in [0.4, 0.5) is 0 Å². The largest absolute Gasteiger partial charge is 0.394 e. The van der Waals surface area contributed by atoms with Gasteiger partial charge in [0.05, 0.1) is 13.2 Å². The predicted molar refractivity (Wildman–Crippen MR) is 128 cm³/mol. The van der Waals surface area contributed by atoms with E-state index in [1.54, 1.807) is 0 Å². The van der Waals surface area contributed by atoms with Crippen LogP contribution in [0, 0.1) is 0 Å². The van der Waals surface area contributed by atoms with Gasteiger partial charge in [-0.25, -0.2) is 4.79 Å². The van der Waals surface area contributed by atoms with Crippen molar-refractivity contribution in [1.82, 2.24) is 9.55 Å². The van der Waals surface area contributed by atoms with E-state index in [9.17, 15) is 19.8 Å². The molecule has 0 aliphatic carbocycles. The number of ether oxygens (including phenoxy) is 2. The minimum atomic E-state index is -1.29. The van der Waals surface area contributed by atoms with Gasteiger partial charge in [0.25, 0.3) is 5.56 Å². The minimum Gasteiger partial charge on any atom is -0.394 e. The average Bonchev–Trinajstić information content (AvgIpc) is 3.33. The van der Waals surface area contributed by atoms with E-state index in [0.29, 0.717) is 6.61 Å². The minimum absolute atomic E-state index is 0.301. The number of H-pyrrole nitrogens is 1. The van der Waals surface area contributed by atoms with Crippen molar-refractivity contribution in [3.63, 3.8) is 0 Å². The summed E-state index contributed by atoms with van der Waals surface area (Å²) in [5.41, 5.74) is 1.89. The van der Waals surface area contributed by atoms with Crippen LogP contribution in [0.3, 0.4) is 0 Å². The summed E-state index contributed by atoms with van der Waals surface area (Å²) in [6.07, 6.45) is 6.89. The van der Waals surface area contributed by atoms with E-state index < -0.39 is 35.3 Å². The number of hydrogen-bond acceptors (Lipinski definition) is 6. The number of aromatic amines is 1. The van der Waals surface area contributed by atoms with Gasteiger partial charge in [0.2, 0.25) is 0 Å². The highest BCUT2D eigenvalue weighted by Crippen LogP contribution is 2.51. The molecular weight excluding hydrogens is 436 g/mol. The molecule has 0 amide bonds. The van der Waals surface area contributed by atoms with Crippen LogP contribution >= 0.6 is 0 Å². The first-order valence-electron chi connectivity index (χ1n) is 12.5. The van der Waals surface area contributed by atoms with Gasteiger partial charge in [-0.3, -0.25) is 14.3 Å². The van der Waals surface area contributed by atoms with E-state index in [1.165, 1.54) is 29.8 Å². The summed E-state index contributed by atoms with van der Waals surface area (Å²) in [7, 11) is 0. The summed E-state index contributed by atoms with van der Waals surface area (Å²) >= 11 is 0. The Balaban J connectivity index is 1.74. The van der Waals surface area contributed by atoms with Gasteiger partial charge in [-0.05, 0) is 47.9 Å². The Morgan fingerprint density at radius 1 is 1.09 bits per heavy atom. The van der Waals surface area contributed by atoms with Gasteiger partial charge in [-0.1, -0.05) is 51.7 Å². The third-order valence-corrected chi connectivity index (χ3v) is 7.19. The van der Waals surface area contributed by atoms with Crippen LogP contribution in [0.1, 0.15) is 80.9 Å². The second-order valence-electron chi connectivity index (χ2n) is 9.43. The van der Waals surface area contributed by atoms with Crippen molar-refractivity contribution < 1.29 is 19.7 Å². The molecule has 2 aromatic rings. The number of rotatable bonds is 10. The lowest BCUT2D eigenvalue weighted by atomic mass is 9.81. The topological polar surface area (TPSA) is 114 Å². The molecule has 0 saturated carbocycles. The molecule has 3 heterocycles. The number of aryl methyl sites for hydroxylation is 2. The molecule has 4 rings (SSSR count). The molecule has 1 fully saturated rings. The van der Waals surface area contributed by atoms with Crippen LogP contribution in [0.25, 0.3) is 0 Å². The molecule has 1 spiro atoms. The lowest BCUT2D eigenvalue weighted by molar-refractivity contribution is -0.135. The summed E-state index contributed by atoms with van der Waals surface area (Å²) in [6, 6.07) is 5.53. The quantitative estimate of drug-likeness (QED) is 0.458. The highest BCUT2D eigenvalue weighted by Gasteiger charge is 2.61. The van der Waals surface area contributed by atoms with Crippen LogP contribution < -0.4 is 11.2 Å². The van der Waals surface area contributed by atoms with E-state index in [4.69, 9.17) is 9.47 Å². The molecular formula is C26H36N2O6. The maximum atomic E-state index is 12.4. The predicted octanol–water partition coefficient (Wildman–Crippen LogP) is 2.68. The molecule has 1 aromatic carbocycles. The van der Waals surface area contributed by atoms with Crippen LogP contribution in [0.15, 0.2) is 34.0 Å². The summed E-state index contributed by atoms with van der Waals surface area (Å²) < 4.78 is 13.4. The fraction of sp³-hybridized carbons (Fsp3) is 0.615. The first-order valence-corrected chi connectivity index (χ1v) is 12.5. The highest BCUT2D eigenvalue weighted by molar-refractivity contribution is 5.46. The van der Waals surface area contributed by atoms with Crippen molar-refractivity contribution in [2.75, 3.05) is 6.61 Å². The van der Waals surface area contributed by atoms with Gasteiger partial charge in [-0.2, -0.15) is 0 Å². The molecule has 1 aromatic heterocycles. The zero-order valence-corrected chi connectivity index (χ0v) is 20.1. The molecule has 3 N–H and O–H groups in total. The van der Waals surface area contributed by atoms with E-state index in [1.807, 2.05) is 0 Å². The van der Waals surface area contributed by atoms with Crippen molar-refractivity contribution >= 4 is 0 Å². The summed E-state index contributed by atoms with van der Waals surface area (Å²) in [5.74, 6) is 0. The third kappa shape index (κ3) is 4.40. The molecule has 0 radical (unpaired) electrons. The highest BCUT2D eigenvalue weighted by atomic mass is 16.6. The number of hydrogen-bond donors (Lipinski definition) is 3. The van der Waals surface area contributed by atoms with Crippen LogP contribution in [0.5, 0.6) is 0 Å². The number of nitrogens with zero attached hydrogens (tertiary/aromatic N) is 1.